The molecule has 0 radical (unpaired) electrons. The zero-order valence-electron chi connectivity index (χ0n) is 17.9. The Morgan fingerprint density at radius 3 is 2.59 bits per heavy atom. The van der Waals surface area contributed by atoms with Crippen molar-refractivity contribution in [2.75, 3.05) is 0 Å². The van der Waals surface area contributed by atoms with Crippen molar-refractivity contribution in [3.05, 3.63) is 35.2 Å². The minimum Gasteiger partial charge on any atom is -0.415 e. The van der Waals surface area contributed by atoms with Crippen molar-refractivity contribution < 1.29 is 41.1 Å². The summed E-state index contributed by atoms with van der Waals surface area (Å²) in [6, 6.07) is 3.22. The average molecular weight is 488 g/mol. The predicted octanol–water partition coefficient (Wildman–Crippen LogP) is 3.37. The van der Waals surface area contributed by atoms with E-state index in [0.29, 0.717) is 38.2 Å². The van der Waals surface area contributed by atoms with E-state index in [-0.39, 0.29) is 23.6 Å². The Bertz CT molecular complexity index is 1100. The minimum atomic E-state index is -5.16. The van der Waals surface area contributed by atoms with Crippen LogP contribution in [-0.4, -0.2) is 55.9 Å². The number of carbonyl (C=O) groups excluding carboxylic acids is 2. The van der Waals surface area contributed by atoms with Crippen molar-refractivity contribution in [3.63, 3.8) is 0 Å². The average Bonchev–Trinajstić information content (AvgIpc) is 3.39. The summed E-state index contributed by atoms with van der Waals surface area (Å²) in [5.41, 5.74) is -2.40. The molecular weight excluding hydrogens is 467 g/mol. The van der Waals surface area contributed by atoms with Gasteiger partial charge in [-0.3, -0.25) is 9.59 Å². The minimum absolute atomic E-state index is 0.160. The van der Waals surface area contributed by atoms with Crippen molar-refractivity contribution in [2.24, 2.45) is 0 Å². The second kappa shape index (κ2) is 8.60. The van der Waals surface area contributed by atoms with Crippen LogP contribution in [0.15, 0.2) is 22.6 Å². The van der Waals surface area contributed by atoms with Gasteiger partial charge in [-0.15, -0.1) is 10.2 Å². The van der Waals surface area contributed by atoms with E-state index in [4.69, 9.17) is 4.42 Å². The van der Waals surface area contributed by atoms with Crippen LogP contribution in [0, 0.1) is 0 Å². The fourth-order valence-corrected chi connectivity index (χ4v) is 4.25. The topological polar surface area (TPSA) is 109 Å². The normalized spacial score (nSPS) is 22.6. The first-order valence-electron chi connectivity index (χ1n) is 10.6. The molecule has 1 aromatic heterocycles. The van der Waals surface area contributed by atoms with Crippen molar-refractivity contribution in [2.45, 2.75) is 69.4 Å². The maximum absolute atomic E-state index is 13.2. The number of halogens is 5. The summed E-state index contributed by atoms with van der Waals surface area (Å²) in [6.07, 6.45) is -5.96. The fourth-order valence-electron chi connectivity index (χ4n) is 4.25. The molecule has 1 aliphatic carbocycles. The van der Waals surface area contributed by atoms with E-state index in [9.17, 15) is 36.6 Å². The summed E-state index contributed by atoms with van der Waals surface area (Å²) in [5.74, 6) is -3.02. The van der Waals surface area contributed by atoms with E-state index in [1.54, 1.807) is 12.1 Å². The van der Waals surface area contributed by atoms with E-state index in [1.165, 1.54) is 11.0 Å². The number of rotatable bonds is 5. The monoisotopic (exact) mass is 488 g/mol. The molecule has 0 saturated heterocycles. The van der Waals surface area contributed by atoms with Gasteiger partial charge in [-0.05, 0) is 37.5 Å². The molecule has 1 aromatic carbocycles. The maximum Gasteiger partial charge on any atom is 0.426 e. The molecule has 1 fully saturated rings. The lowest BCUT2D eigenvalue weighted by Crippen LogP contribution is -2.61. The standard InChI is InChI=1S/C21H21F5N4O4/c1-20(33,21(24,25)26)19(32)27-13-4-2-3-5-14(13)30-9-11-7-6-10(8-12(11)18(30)31)16-28-29-17(34-16)15(22)23/h6-8,13-15,33H,2-5,9H2,1H3,(H,27,32)/t13-,14?,20+/m1/s1. The van der Waals surface area contributed by atoms with E-state index in [0.717, 1.165) is 0 Å². The van der Waals surface area contributed by atoms with Crippen LogP contribution in [0.4, 0.5) is 22.0 Å². The molecule has 2 heterocycles. The van der Waals surface area contributed by atoms with E-state index in [1.807, 2.05) is 0 Å². The largest absolute Gasteiger partial charge is 0.426 e. The molecule has 1 saturated carbocycles. The Balaban J connectivity index is 1.54. The Morgan fingerprint density at radius 2 is 1.94 bits per heavy atom. The van der Waals surface area contributed by atoms with Gasteiger partial charge in [0.1, 0.15) is 0 Å². The quantitative estimate of drug-likeness (QED) is 0.625. The SMILES string of the molecule is C[C@](O)(C(=O)N[C@@H]1CCCCC1N1Cc2ccc(-c3nnc(C(F)F)o3)cc2C1=O)C(F)(F)F. The van der Waals surface area contributed by atoms with E-state index < -0.39 is 48.0 Å². The highest BCUT2D eigenvalue weighted by molar-refractivity contribution is 5.99. The maximum atomic E-state index is 13.2. The van der Waals surface area contributed by atoms with E-state index >= 15 is 0 Å². The molecule has 2 N–H and O–H groups in total. The number of amides is 2. The Morgan fingerprint density at radius 1 is 1.24 bits per heavy atom. The van der Waals surface area contributed by atoms with Gasteiger partial charge in [-0.1, -0.05) is 18.9 Å². The number of aromatic nitrogens is 2. The van der Waals surface area contributed by atoms with Gasteiger partial charge in [0.2, 0.25) is 11.5 Å². The summed E-state index contributed by atoms with van der Waals surface area (Å²) < 4.78 is 69.6. The molecule has 1 unspecified atom stereocenters. The molecule has 2 aliphatic rings. The Hall–Kier alpha value is -3.09. The summed E-state index contributed by atoms with van der Waals surface area (Å²) in [7, 11) is 0. The zero-order valence-corrected chi connectivity index (χ0v) is 17.9. The first-order chi connectivity index (χ1) is 15.9. The molecule has 0 bridgehead atoms. The third-order valence-corrected chi connectivity index (χ3v) is 6.26. The number of alkyl halides is 5. The second-order valence-electron chi connectivity index (χ2n) is 8.55. The summed E-state index contributed by atoms with van der Waals surface area (Å²) in [6.45, 7) is 0.544. The number of hydrogen-bond acceptors (Lipinski definition) is 6. The van der Waals surface area contributed by atoms with Crippen molar-refractivity contribution >= 4 is 11.8 Å². The number of nitrogens with one attached hydrogen (secondary N) is 1. The molecule has 1 aliphatic heterocycles. The Labute approximate surface area is 190 Å². The van der Waals surface area contributed by atoms with Gasteiger partial charge in [-0.2, -0.15) is 22.0 Å². The van der Waals surface area contributed by atoms with Crippen LogP contribution in [-0.2, 0) is 11.3 Å². The van der Waals surface area contributed by atoms with Crippen LogP contribution in [0.3, 0.4) is 0 Å². The summed E-state index contributed by atoms with van der Waals surface area (Å²) in [5, 5.41) is 18.8. The Kier molecular flexibility index (Phi) is 6.08. The van der Waals surface area contributed by atoms with E-state index in [2.05, 4.69) is 15.5 Å². The lowest BCUT2D eigenvalue weighted by molar-refractivity contribution is -0.245. The predicted molar refractivity (Wildman–Crippen MR) is 105 cm³/mol. The first-order valence-corrected chi connectivity index (χ1v) is 10.6. The van der Waals surface area contributed by atoms with Crippen LogP contribution in [0.5, 0.6) is 0 Å². The van der Waals surface area contributed by atoms with Crippen molar-refractivity contribution in [1.82, 2.24) is 20.4 Å². The number of fused-ring (bicyclic) bond motifs is 1. The lowest BCUT2D eigenvalue weighted by Gasteiger charge is -2.39. The van der Waals surface area contributed by atoms with Crippen LogP contribution in [0.25, 0.3) is 11.5 Å². The molecule has 4 rings (SSSR count). The van der Waals surface area contributed by atoms with Crippen LogP contribution in [0.2, 0.25) is 0 Å². The number of benzene rings is 1. The van der Waals surface area contributed by atoms with Gasteiger partial charge in [-0.25, -0.2) is 0 Å². The van der Waals surface area contributed by atoms with Gasteiger partial charge in [0.15, 0.2) is 0 Å². The molecule has 2 amide bonds. The molecule has 2 aromatic rings. The molecule has 184 valence electrons. The summed E-state index contributed by atoms with van der Waals surface area (Å²) in [4.78, 5) is 26.9. The fraction of sp³-hybridized carbons (Fsp3) is 0.524. The molecule has 0 spiro atoms. The highest BCUT2D eigenvalue weighted by atomic mass is 19.4. The lowest BCUT2D eigenvalue weighted by atomic mass is 9.88. The van der Waals surface area contributed by atoms with Crippen molar-refractivity contribution in [1.29, 1.82) is 0 Å². The highest BCUT2D eigenvalue weighted by Crippen LogP contribution is 2.35. The zero-order chi connectivity index (χ0) is 24.8. The van der Waals surface area contributed by atoms with Gasteiger partial charge in [0, 0.05) is 23.7 Å². The van der Waals surface area contributed by atoms with Crippen molar-refractivity contribution in [3.8, 4) is 11.5 Å². The third-order valence-electron chi connectivity index (χ3n) is 6.26. The molecule has 8 nitrogen and oxygen atoms in total. The van der Waals surface area contributed by atoms with Gasteiger partial charge >= 0.3 is 12.6 Å². The first kappa shape index (κ1) is 24.0. The van der Waals surface area contributed by atoms with Crippen LogP contribution in [0.1, 0.15) is 60.8 Å². The number of aliphatic hydroxyl groups is 1. The van der Waals surface area contributed by atoms with Gasteiger partial charge in [0.25, 0.3) is 17.7 Å². The molecule has 34 heavy (non-hydrogen) atoms. The van der Waals surface area contributed by atoms with Crippen LogP contribution >= 0.6 is 0 Å². The van der Waals surface area contributed by atoms with Gasteiger partial charge < -0.3 is 19.7 Å². The second-order valence-corrected chi connectivity index (χ2v) is 8.55. The highest BCUT2D eigenvalue weighted by Gasteiger charge is 2.56. The summed E-state index contributed by atoms with van der Waals surface area (Å²) >= 11 is 0. The number of carbonyl (C=O) groups is 2. The van der Waals surface area contributed by atoms with Crippen LogP contribution < -0.4 is 5.32 Å². The smallest absolute Gasteiger partial charge is 0.415 e. The number of hydrogen-bond donors (Lipinski definition) is 2. The van der Waals surface area contributed by atoms with Gasteiger partial charge in [0.05, 0.1) is 6.04 Å². The molecular formula is C21H21F5N4O4. The number of nitrogens with zero attached hydrogens (tertiary/aromatic N) is 3. The third kappa shape index (κ3) is 4.24. The molecule has 13 heteroatoms. The molecule has 3 atom stereocenters.